The number of likely N-dealkylation sites (tertiary alicyclic amines) is 2. The average Bonchev–Trinajstić information content (AvgIpc) is 4.40. The Morgan fingerprint density at radius 1 is 0.756 bits per heavy atom. The molecule has 2 aromatic carbocycles. The molecule has 13 rings (SSSR count). The van der Waals surface area contributed by atoms with Gasteiger partial charge in [0.25, 0.3) is 11.8 Å². The number of methoxy groups -OCH3 is 2. The number of aryl methyl sites for hydroxylation is 2. The van der Waals surface area contributed by atoms with Crippen molar-refractivity contribution in [2.45, 2.75) is 83.1 Å². The highest BCUT2D eigenvalue weighted by molar-refractivity contribution is 7.90. The van der Waals surface area contributed by atoms with Crippen LogP contribution in [0.15, 0.2) is 66.9 Å². The Morgan fingerprint density at radius 3 is 2.09 bits per heavy atom. The van der Waals surface area contributed by atoms with E-state index in [2.05, 4.69) is 44.4 Å². The minimum Gasteiger partial charge on any atom is -0.494 e. The number of halogens is 1. The van der Waals surface area contributed by atoms with E-state index >= 15 is 4.39 Å². The fraction of sp³-hybridized carbons (Fsp3) is 0.448. The number of nitrogens with one attached hydrogen (secondary N) is 1. The summed E-state index contributed by atoms with van der Waals surface area (Å²) in [5, 5.41) is 5.50. The molecule has 3 saturated heterocycles. The molecule has 3 atom stereocenters. The Labute approximate surface area is 453 Å². The van der Waals surface area contributed by atoms with E-state index in [1.807, 2.05) is 40.8 Å². The number of aromatic nitrogens is 8. The van der Waals surface area contributed by atoms with Crippen LogP contribution in [0.2, 0.25) is 0 Å². The Bertz CT molecular complexity index is 3740. The second-order valence-electron chi connectivity index (χ2n) is 21.7. The van der Waals surface area contributed by atoms with Crippen molar-refractivity contribution in [1.82, 2.24) is 53.3 Å². The summed E-state index contributed by atoms with van der Waals surface area (Å²) in [6, 6.07) is 18.9. The highest BCUT2D eigenvalue weighted by Gasteiger charge is 2.36. The van der Waals surface area contributed by atoms with E-state index < -0.39 is 15.7 Å². The van der Waals surface area contributed by atoms with Crippen LogP contribution in [-0.4, -0.2) is 139 Å². The number of nitrogens with zero attached hydrogens (tertiary/aromatic N) is 10. The first kappa shape index (κ1) is 52.7. The van der Waals surface area contributed by atoms with Crippen LogP contribution >= 0.6 is 0 Å². The van der Waals surface area contributed by atoms with Crippen LogP contribution in [0.4, 0.5) is 4.39 Å². The molecule has 0 bridgehead atoms. The molecule has 20 heteroatoms. The maximum Gasteiger partial charge on any atom is 0.254 e. The molecule has 6 aromatic heterocycles. The molecular weight excluding hydrogens is 1010 g/mol. The molecule has 3 N–H and O–H groups in total. The normalized spacial score (nSPS) is 19.4. The van der Waals surface area contributed by atoms with Crippen molar-refractivity contribution >= 4 is 65.8 Å². The van der Waals surface area contributed by atoms with E-state index in [1.54, 1.807) is 48.1 Å². The van der Waals surface area contributed by atoms with E-state index in [4.69, 9.17) is 30.2 Å². The third kappa shape index (κ3) is 10.4. The van der Waals surface area contributed by atoms with Gasteiger partial charge in [-0.2, -0.15) is 4.98 Å². The molecular formula is C58H67FN12O6S. The zero-order valence-corrected chi connectivity index (χ0v) is 45.5. The fourth-order valence-electron chi connectivity index (χ4n) is 11.8. The van der Waals surface area contributed by atoms with Crippen LogP contribution in [0.3, 0.4) is 0 Å². The van der Waals surface area contributed by atoms with Gasteiger partial charge in [0.2, 0.25) is 5.88 Å². The number of carbonyl (C=O) groups is 2. The molecule has 9 heterocycles. The number of amides is 2. The number of imidazole rings is 2. The summed E-state index contributed by atoms with van der Waals surface area (Å²) in [6.07, 6.45) is 19.7. The summed E-state index contributed by atoms with van der Waals surface area (Å²) in [5.74, 6) is 3.45. The highest BCUT2D eigenvalue weighted by atomic mass is 32.2. The van der Waals surface area contributed by atoms with E-state index in [0.29, 0.717) is 106 Å². The molecule has 78 heavy (non-hydrogen) atoms. The molecule has 2 saturated carbocycles. The lowest BCUT2D eigenvalue weighted by molar-refractivity contribution is 0.0668. The van der Waals surface area contributed by atoms with Crippen molar-refractivity contribution in [2.75, 3.05) is 59.0 Å². The summed E-state index contributed by atoms with van der Waals surface area (Å²) in [4.78, 5) is 49.7. The maximum atomic E-state index is 15.5. The monoisotopic (exact) mass is 1080 g/mol. The van der Waals surface area contributed by atoms with Gasteiger partial charge in [0, 0.05) is 105 Å². The van der Waals surface area contributed by atoms with E-state index in [1.165, 1.54) is 44.4 Å². The van der Waals surface area contributed by atoms with Crippen molar-refractivity contribution in [3.63, 3.8) is 0 Å². The number of rotatable bonds is 13. The SMILES string of the molecule is C#C.COc1cc(C(=O)N2CCC[C@@H](N)C2)cc2nc(-c3cc4cccnc4n3CC3CC3)n(CCS(C)(=O)=O)c12.COc1ccc2cc(-c3nc4cc(C(=O)N5CC[C@H]6CCN[C@H]6C5)cc(F)c4n3C)n(CC3CC3)c2n1. The van der Waals surface area contributed by atoms with Gasteiger partial charge in [0.1, 0.15) is 43.7 Å². The van der Waals surface area contributed by atoms with Gasteiger partial charge in [-0.05, 0) is 130 Å². The van der Waals surface area contributed by atoms with E-state index in [0.717, 1.165) is 72.4 Å². The third-order valence-corrected chi connectivity index (χ3v) is 17.1. The minimum absolute atomic E-state index is 0.0304. The zero-order chi connectivity index (χ0) is 54.6. The number of terminal acetylenes is 1. The van der Waals surface area contributed by atoms with Crippen molar-refractivity contribution in [3.05, 3.63) is 83.8 Å². The molecule has 5 aliphatic rings. The lowest BCUT2D eigenvalue weighted by Gasteiger charge is -2.35. The molecule has 408 valence electrons. The van der Waals surface area contributed by atoms with Crippen LogP contribution in [0.1, 0.15) is 72.1 Å². The highest BCUT2D eigenvalue weighted by Crippen LogP contribution is 2.40. The fourth-order valence-corrected chi connectivity index (χ4v) is 12.3. The van der Waals surface area contributed by atoms with Crippen LogP contribution in [-0.2, 0) is 36.5 Å². The molecule has 0 radical (unpaired) electrons. The summed E-state index contributed by atoms with van der Waals surface area (Å²) < 4.78 is 59.2. The summed E-state index contributed by atoms with van der Waals surface area (Å²) in [7, 11) is 1.75. The van der Waals surface area contributed by atoms with Gasteiger partial charge in [0.15, 0.2) is 11.6 Å². The number of hydrogen-bond donors (Lipinski definition) is 2. The van der Waals surface area contributed by atoms with Crippen molar-refractivity contribution in [3.8, 4) is 47.5 Å². The topological polar surface area (TPSA) is 203 Å². The second kappa shape index (κ2) is 21.5. The molecule has 0 spiro atoms. The van der Waals surface area contributed by atoms with Crippen LogP contribution in [0.25, 0.3) is 67.2 Å². The van der Waals surface area contributed by atoms with Gasteiger partial charge in [0.05, 0.1) is 42.4 Å². The second-order valence-corrected chi connectivity index (χ2v) is 24.0. The number of benzene rings is 2. The van der Waals surface area contributed by atoms with E-state index in [-0.39, 0.29) is 30.2 Å². The minimum atomic E-state index is -3.25. The Balaban J connectivity index is 0.000000161. The zero-order valence-electron chi connectivity index (χ0n) is 44.7. The molecule has 2 aliphatic carbocycles. The summed E-state index contributed by atoms with van der Waals surface area (Å²) in [5.41, 5.74) is 12.6. The summed E-state index contributed by atoms with van der Waals surface area (Å²) >= 11 is 0. The number of pyridine rings is 2. The van der Waals surface area contributed by atoms with E-state index in [9.17, 15) is 18.0 Å². The summed E-state index contributed by atoms with van der Waals surface area (Å²) in [6.45, 7) is 5.43. The molecule has 18 nitrogen and oxygen atoms in total. The van der Waals surface area contributed by atoms with Gasteiger partial charge < -0.3 is 48.6 Å². The largest absolute Gasteiger partial charge is 0.494 e. The van der Waals surface area contributed by atoms with Gasteiger partial charge in [-0.3, -0.25) is 9.59 Å². The first-order valence-corrected chi connectivity index (χ1v) is 29.1. The number of ether oxygens (including phenoxy) is 2. The number of sulfone groups is 1. The average molecular weight is 1080 g/mol. The Kier molecular flexibility index (Phi) is 14.5. The van der Waals surface area contributed by atoms with Crippen molar-refractivity contribution in [2.24, 2.45) is 30.5 Å². The molecule has 8 aromatic rings. The Hall–Kier alpha value is -7.34. The lowest BCUT2D eigenvalue weighted by atomic mass is 9.92. The van der Waals surface area contributed by atoms with Crippen LogP contribution in [0, 0.1) is 36.4 Å². The number of piperidine rings is 2. The van der Waals surface area contributed by atoms with Gasteiger partial charge >= 0.3 is 0 Å². The first-order chi connectivity index (χ1) is 37.7. The van der Waals surface area contributed by atoms with Crippen molar-refractivity contribution in [1.29, 1.82) is 0 Å². The molecule has 0 unspecified atom stereocenters. The molecule has 3 aliphatic heterocycles. The van der Waals surface area contributed by atoms with Crippen LogP contribution in [0.5, 0.6) is 11.6 Å². The Morgan fingerprint density at radius 2 is 1.41 bits per heavy atom. The van der Waals surface area contributed by atoms with Gasteiger partial charge in [-0.25, -0.2) is 27.8 Å². The molecule has 5 fully saturated rings. The van der Waals surface area contributed by atoms with Crippen LogP contribution < -0.4 is 20.5 Å². The quantitative estimate of drug-likeness (QED) is 0.109. The first-order valence-electron chi connectivity index (χ1n) is 27.0. The molecule has 2 amide bonds. The van der Waals surface area contributed by atoms with Gasteiger partial charge in [-0.15, -0.1) is 12.8 Å². The predicted octanol–water partition coefficient (Wildman–Crippen LogP) is 7.30. The smallest absolute Gasteiger partial charge is 0.254 e. The van der Waals surface area contributed by atoms with Crippen molar-refractivity contribution < 1.29 is 31.9 Å². The lowest BCUT2D eigenvalue weighted by Crippen LogP contribution is -2.48. The standard InChI is InChI=1S/C28H31FN6O2.C28H34N6O4S.C2H2/c1-33-25-20(29)11-19(28(36)34-10-8-17-7-9-30-22(17)15-34)12-21(25)31-27(33)23-13-18-5-6-24(37-2)32-26(18)35(23)14-16-3-4-16;1-38-24-15-20(28(35)32-10-4-6-21(29)17-32)13-22-25(24)33(11-12-39(2,36)37)27(31-22)23-14-19-5-3-9-30-26(19)34(23)16-18-7-8-18;1-2/h5-6,11-13,16-17,22,30H,3-4,7-10,14-15H2,1-2H3;3,5,9,13-15,18,21H,4,6-8,10-12,16-17,29H2,1-2H3;1-2H/t17-,22+;21-;/m11./s1. The maximum absolute atomic E-state index is 15.5. The number of hydrogen-bond acceptors (Lipinski definition) is 12. The van der Waals surface area contributed by atoms with Gasteiger partial charge in [-0.1, -0.05) is 0 Å². The third-order valence-electron chi connectivity index (χ3n) is 16.2. The number of fused-ring (bicyclic) bond motifs is 5. The number of nitrogens with two attached hydrogens (primary N) is 1. The predicted molar refractivity (Wildman–Crippen MR) is 300 cm³/mol. The number of carbonyl (C=O) groups excluding carboxylic acids is 2.